The Morgan fingerprint density at radius 1 is 1.00 bits per heavy atom. The fraction of sp³-hybridized carbons (Fsp3) is 0.688. The normalized spacial score (nSPS) is 10.4. The van der Waals surface area contributed by atoms with Crippen molar-refractivity contribution in [3.63, 3.8) is 0 Å². The van der Waals surface area contributed by atoms with Crippen molar-refractivity contribution in [3.8, 4) is 5.88 Å². The van der Waals surface area contributed by atoms with Crippen LogP contribution in [0, 0.1) is 0 Å². The second-order valence-electron chi connectivity index (χ2n) is 4.87. The Bertz CT molecular complexity index is 311. The van der Waals surface area contributed by atoms with Gasteiger partial charge < -0.3 is 10.1 Å². The zero-order valence-electron chi connectivity index (χ0n) is 12.5. The summed E-state index contributed by atoms with van der Waals surface area (Å²) < 4.78 is 5.31. The van der Waals surface area contributed by atoms with Gasteiger partial charge in [0.05, 0.1) is 18.5 Å². The third-order valence-electron chi connectivity index (χ3n) is 3.14. The highest BCUT2D eigenvalue weighted by molar-refractivity contribution is 5.41. The van der Waals surface area contributed by atoms with E-state index in [0.29, 0.717) is 12.5 Å². The summed E-state index contributed by atoms with van der Waals surface area (Å²) in [6.45, 7) is 5.92. The van der Waals surface area contributed by atoms with Gasteiger partial charge in [-0.25, -0.2) is 4.98 Å². The van der Waals surface area contributed by atoms with Crippen molar-refractivity contribution >= 4 is 5.69 Å². The predicted molar refractivity (Wildman–Crippen MR) is 81.9 cm³/mol. The topological polar surface area (TPSA) is 34.1 Å². The van der Waals surface area contributed by atoms with Crippen LogP contribution < -0.4 is 10.1 Å². The Labute approximate surface area is 117 Å². The molecule has 1 rings (SSSR count). The number of nitrogens with zero attached hydrogens (tertiary/aromatic N) is 1. The maximum atomic E-state index is 5.31. The number of hydrogen-bond acceptors (Lipinski definition) is 3. The van der Waals surface area contributed by atoms with Crippen LogP contribution in [0.1, 0.15) is 58.8 Å². The van der Waals surface area contributed by atoms with Crippen LogP contribution in [-0.2, 0) is 0 Å². The maximum absolute atomic E-state index is 5.31. The van der Waals surface area contributed by atoms with E-state index in [2.05, 4.69) is 17.2 Å². The molecular weight excluding hydrogens is 236 g/mol. The Hall–Kier alpha value is -1.25. The molecule has 0 fully saturated rings. The molecule has 3 heteroatoms. The van der Waals surface area contributed by atoms with E-state index in [1.807, 2.05) is 25.3 Å². The van der Waals surface area contributed by atoms with Crippen LogP contribution in [0.5, 0.6) is 5.88 Å². The minimum atomic E-state index is 0.664. The van der Waals surface area contributed by atoms with Gasteiger partial charge in [-0.2, -0.15) is 0 Å². The summed E-state index contributed by atoms with van der Waals surface area (Å²) in [5, 5.41) is 3.40. The van der Waals surface area contributed by atoms with Crippen LogP contribution in [0.3, 0.4) is 0 Å². The van der Waals surface area contributed by atoms with Crippen molar-refractivity contribution in [3.05, 3.63) is 18.3 Å². The average molecular weight is 264 g/mol. The zero-order chi connectivity index (χ0) is 13.8. The summed E-state index contributed by atoms with van der Waals surface area (Å²) in [5.41, 5.74) is 1.08. The van der Waals surface area contributed by atoms with Crippen molar-refractivity contribution in [2.45, 2.75) is 58.8 Å². The number of ether oxygens (including phenoxy) is 1. The predicted octanol–water partition coefficient (Wildman–Crippen LogP) is 4.64. The molecule has 0 atom stereocenters. The van der Waals surface area contributed by atoms with Gasteiger partial charge in [-0.3, -0.25) is 0 Å². The third-order valence-corrected chi connectivity index (χ3v) is 3.14. The first kappa shape index (κ1) is 15.8. The Balaban J connectivity index is 2.02. The first-order valence-electron chi connectivity index (χ1n) is 7.69. The van der Waals surface area contributed by atoms with E-state index in [9.17, 15) is 0 Å². The Morgan fingerprint density at radius 2 is 1.74 bits per heavy atom. The van der Waals surface area contributed by atoms with Crippen LogP contribution >= 0.6 is 0 Å². The molecule has 0 radical (unpaired) electrons. The van der Waals surface area contributed by atoms with E-state index >= 15 is 0 Å². The summed E-state index contributed by atoms with van der Waals surface area (Å²) in [6.07, 6.45) is 11.3. The molecule has 1 aromatic rings. The van der Waals surface area contributed by atoms with Crippen molar-refractivity contribution in [2.24, 2.45) is 0 Å². The lowest BCUT2D eigenvalue weighted by Gasteiger charge is -2.07. The largest absolute Gasteiger partial charge is 0.478 e. The van der Waals surface area contributed by atoms with Gasteiger partial charge in [0.15, 0.2) is 0 Å². The number of pyridine rings is 1. The highest BCUT2D eigenvalue weighted by Gasteiger charge is 1.96. The SMILES string of the molecule is CCCCCCCCCNc1ccc(OCC)nc1. The van der Waals surface area contributed by atoms with Crippen LogP contribution in [0.25, 0.3) is 0 Å². The molecular formula is C16H28N2O. The first-order valence-corrected chi connectivity index (χ1v) is 7.69. The maximum Gasteiger partial charge on any atom is 0.213 e. The second-order valence-corrected chi connectivity index (χ2v) is 4.87. The zero-order valence-corrected chi connectivity index (χ0v) is 12.5. The molecule has 1 aromatic heterocycles. The smallest absolute Gasteiger partial charge is 0.213 e. The third kappa shape index (κ3) is 7.70. The molecule has 3 nitrogen and oxygen atoms in total. The van der Waals surface area contributed by atoms with Crippen LogP contribution in [-0.4, -0.2) is 18.1 Å². The molecule has 19 heavy (non-hydrogen) atoms. The molecule has 0 spiro atoms. The number of aromatic nitrogens is 1. The van der Waals surface area contributed by atoms with E-state index < -0.39 is 0 Å². The fourth-order valence-corrected chi connectivity index (χ4v) is 2.03. The van der Waals surface area contributed by atoms with E-state index in [4.69, 9.17) is 4.74 Å². The highest BCUT2D eigenvalue weighted by atomic mass is 16.5. The number of anilines is 1. The molecule has 0 aliphatic carbocycles. The lowest BCUT2D eigenvalue weighted by atomic mass is 10.1. The number of rotatable bonds is 11. The van der Waals surface area contributed by atoms with Gasteiger partial charge >= 0.3 is 0 Å². The molecule has 0 aliphatic rings. The number of hydrogen-bond donors (Lipinski definition) is 1. The molecule has 108 valence electrons. The van der Waals surface area contributed by atoms with Crippen molar-refractivity contribution < 1.29 is 4.74 Å². The van der Waals surface area contributed by atoms with Crippen molar-refractivity contribution in [1.29, 1.82) is 0 Å². The van der Waals surface area contributed by atoms with Gasteiger partial charge in [0.25, 0.3) is 0 Å². The number of nitrogens with one attached hydrogen (secondary N) is 1. The van der Waals surface area contributed by atoms with E-state index in [0.717, 1.165) is 12.2 Å². The Morgan fingerprint density at radius 3 is 2.37 bits per heavy atom. The second kappa shape index (κ2) is 10.7. The fourth-order valence-electron chi connectivity index (χ4n) is 2.03. The summed E-state index contributed by atoms with van der Waals surface area (Å²) in [5.74, 6) is 0.698. The lowest BCUT2D eigenvalue weighted by Crippen LogP contribution is -2.02. The lowest BCUT2D eigenvalue weighted by molar-refractivity contribution is 0.327. The molecule has 0 amide bonds. The minimum Gasteiger partial charge on any atom is -0.478 e. The van der Waals surface area contributed by atoms with Gasteiger partial charge in [-0.15, -0.1) is 0 Å². The number of unbranched alkanes of at least 4 members (excludes halogenated alkanes) is 6. The van der Waals surface area contributed by atoms with E-state index in [-0.39, 0.29) is 0 Å². The first-order chi connectivity index (χ1) is 9.36. The molecule has 0 saturated heterocycles. The molecule has 1 heterocycles. The molecule has 0 saturated carbocycles. The quantitative estimate of drug-likeness (QED) is 0.591. The summed E-state index contributed by atoms with van der Waals surface area (Å²) in [7, 11) is 0. The summed E-state index contributed by atoms with van der Waals surface area (Å²) in [4.78, 5) is 4.23. The van der Waals surface area contributed by atoms with Gasteiger partial charge in [-0.1, -0.05) is 45.4 Å². The van der Waals surface area contributed by atoms with Gasteiger partial charge in [0.1, 0.15) is 0 Å². The van der Waals surface area contributed by atoms with E-state index in [1.165, 1.54) is 44.9 Å². The monoisotopic (exact) mass is 264 g/mol. The molecule has 0 aliphatic heterocycles. The summed E-state index contributed by atoms with van der Waals surface area (Å²) in [6, 6.07) is 3.94. The van der Waals surface area contributed by atoms with Gasteiger partial charge in [0.2, 0.25) is 5.88 Å². The van der Waals surface area contributed by atoms with Crippen molar-refractivity contribution in [1.82, 2.24) is 4.98 Å². The summed E-state index contributed by atoms with van der Waals surface area (Å²) >= 11 is 0. The molecule has 0 unspecified atom stereocenters. The highest BCUT2D eigenvalue weighted by Crippen LogP contribution is 2.12. The molecule has 1 N–H and O–H groups in total. The van der Waals surface area contributed by atoms with Crippen molar-refractivity contribution in [2.75, 3.05) is 18.5 Å². The minimum absolute atomic E-state index is 0.664. The van der Waals surface area contributed by atoms with E-state index in [1.54, 1.807) is 0 Å². The van der Waals surface area contributed by atoms with Gasteiger partial charge in [-0.05, 0) is 19.4 Å². The molecule has 0 aromatic carbocycles. The van der Waals surface area contributed by atoms with Crippen LogP contribution in [0.2, 0.25) is 0 Å². The Kier molecular flexibility index (Phi) is 8.86. The molecule has 0 bridgehead atoms. The average Bonchev–Trinajstić information content (AvgIpc) is 2.44. The standard InChI is InChI=1S/C16H28N2O/c1-3-5-6-7-8-9-10-13-17-15-11-12-16(18-14-15)19-4-2/h11-12,14,17H,3-10,13H2,1-2H3. The van der Waals surface area contributed by atoms with Gasteiger partial charge in [0, 0.05) is 12.6 Å². The van der Waals surface area contributed by atoms with Crippen LogP contribution in [0.15, 0.2) is 18.3 Å². The van der Waals surface area contributed by atoms with Crippen LogP contribution in [0.4, 0.5) is 5.69 Å².